The lowest BCUT2D eigenvalue weighted by molar-refractivity contribution is 0.283. The fraction of sp³-hybridized carbons (Fsp3) is 0.533. The molecule has 1 heterocycles. The molecule has 1 aromatic heterocycles. The van der Waals surface area contributed by atoms with E-state index in [4.69, 9.17) is 16.0 Å². The lowest BCUT2D eigenvalue weighted by Gasteiger charge is -2.29. The van der Waals surface area contributed by atoms with Crippen LogP contribution in [-0.4, -0.2) is 4.98 Å². The topological polar surface area (TPSA) is 46.0 Å². The highest BCUT2D eigenvalue weighted by molar-refractivity contribution is 6.21. The minimum atomic E-state index is -0.412. The largest absolute Gasteiger partial charge is 0.417 e. The number of H-pyrrole nitrogens is 1. The van der Waals surface area contributed by atoms with Crippen molar-refractivity contribution in [3.05, 3.63) is 34.3 Å². The molecule has 3 rings (SSSR count). The summed E-state index contributed by atoms with van der Waals surface area (Å²) in [7, 11) is 0. The molecule has 0 aliphatic heterocycles. The first-order chi connectivity index (χ1) is 9.13. The fourth-order valence-corrected chi connectivity index (χ4v) is 3.37. The van der Waals surface area contributed by atoms with Crippen molar-refractivity contribution in [3.63, 3.8) is 0 Å². The van der Waals surface area contributed by atoms with Crippen LogP contribution in [0.15, 0.2) is 27.4 Å². The number of aromatic nitrogens is 1. The molecule has 19 heavy (non-hydrogen) atoms. The smallest absolute Gasteiger partial charge is 0.408 e. The summed E-state index contributed by atoms with van der Waals surface area (Å²) in [5.74, 6) is 0.941. The Kier molecular flexibility index (Phi) is 3.40. The number of aromatic amines is 1. The summed E-state index contributed by atoms with van der Waals surface area (Å²) < 4.78 is 5.09. The molecule has 1 N–H and O–H groups in total. The summed E-state index contributed by atoms with van der Waals surface area (Å²) in [4.78, 5) is 13.8. The Hall–Kier alpha value is -1.22. The van der Waals surface area contributed by atoms with Crippen molar-refractivity contribution in [2.24, 2.45) is 11.8 Å². The molecule has 1 aliphatic rings. The number of fused-ring (bicyclic) bond motifs is 1. The molecule has 0 amide bonds. The Morgan fingerprint density at radius 1 is 1.32 bits per heavy atom. The zero-order chi connectivity index (χ0) is 13.4. The first-order valence-corrected chi connectivity index (χ1v) is 7.34. The van der Waals surface area contributed by atoms with E-state index in [1.54, 1.807) is 0 Å². The maximum absolute atomic E-state index is 11.2. The molecule has 1 fully saturated rings. The number of benzene rings is 1. The Morgan fingerprint density at radius 3 is 2.79 bits per heavy atom. The van der Waals surface area contributed by atoms with E-state index >= 15 is 0 Å². The highest BCUT2D eigenvalue weighted by Gasteiger charge is 2.26. The van der Waals surface area contributed by atoms with Crippen molar-refractivity contribution >= 4 is 22.7 Å². The minimum Gasteiger partial charge on any atom is -0.408 e. The number of hydrogen-bond acceptors (Lipinski definition) is 2. The van der Waals surface area contributed by atoms with Crippen molar-refractivity contribution in [3.8, 4) is 0 Å². The van der Waals surface area contributed by atoms with Crippen molar-refractivity contribution in [2.75, 3.05) is 0 Å². The van der Waals surface area contributed by atoms with E-state index in [2.05, 4.69) is 11.9 Å². The van der Waals surface area contributed by atoms with E-state index in [1.165, 1.54) is 25.7 Å². The molecule has 0 bridgehead atoms. The summed E-state index contributed by atoms with van der Waals surface area (Å²) in [5, 5.41) is 0.0112. The molecular formula is C15H18ClNO2. The predicted octanol–water partition coefficient (Wildman–Crippen LogP) is 4.23. The van der Waals surface area contributed by atoms with Crippen molar-refractivity contribution < 1.29 is 4.42 Å². The van der Waals surface area contributed by atoms with Crippen LogP contribution in [0.5, 0.6) is 0 Å². The average molecular weight is 280 g/mol. The Balaban J connectivity index is 1.84. The highest BCUT2D eigenvalue weighted by Crippen LogP contribution is 2.40. The molecule has 1 aromatic carbocycles. The van der Waals surface area contributed by atoms with Gasteiger partial charge in [0.2, 0.25) is 0 Å². The molecule has 0 spiro atoms. The monoisotopic (exact) mass is 279 g/mol. The van der Waals surface area contributed by atoms with Gasteiger partial charge in [0.1, 0.15) is 0 Å². The van der Waals surface area contributed by atoms with Gasteiger partial charge in [-0.15, -0.1) is 11.6 Å². The van der Waals surface area contributed by atoms with Crippen LogP contribution >= 0.6 is 11.6 Å². The van der Waals surface area contributed by atoms with Crippen LogP contribution in [0, 0.1) is 11.8 Å². The second-order valence-electron chi connectivity index (χ2n) is 5.69. The molecule has 1 saturated carbocycles. The number of oxazole rings is 1. The number of nitrogens with one attached hydrogen (secondary N) is 1. The maximum atomic E-state index is 11.2. The van der Waals surface area contributed by atoms with Crippen LogP contribution in [0.2, 0.25) is 0 Å². The van der Waals surface area contributed by atoms with Crippen LogP contribution < -0.4 is 5.76 Å². The van der Waals surface area contributed by atoms with E-state index in [0.717, 1.165) is 17.0 Å². The zero-order valence-electron chi connectivity index (χ0n) is 11.0. The summed E-state index contributed by atoms with van der Waals surface area (Å²) in [6.07, 6.45) is 4.89. The predicted molar refractivity (Wildman–Crippen MR) is 76.6 cm³/mol. The molecule has 1 aliphatic carbocycles. The lowest BCUT2D eigenvalue weighted by atomic mass is 9.80. The van der Waals surface area contributed by atoms with Crippen molar-refractivity contribution in [2.45, 2.75) is 38.0 Å². The first-order valence-electron chi connectivity index (χ1n) is 6.90. The SMILES string of the molecule is CC1CCC(C(Cl)c2ccc3[nH]c(=O)oc3c2)CC1. The molecule has 102 valence electrons. The van der Waals surface area contributed by atoms with E-state index in [9.17, 15) is 4.79 Å². The van der Waals surface area contributed by atoms with E-state index in [1.807, 2.05) is 18.2 Å². The van der Waals surface area contributed by atoms with Gasteiger partial charge >= 0.3 is 5.76 Å². The Bertz CT molecular complexity index is 622. The quantitative estimate of drug-likeness (QED) is 0.836. The summed E-state index contributed by atoms with van der Waals surface area (Å²) >= 11 is 6.61. The molecular weight excluding hydrogens is 262 g/mol. The fourth-order valence-electron chi connectivity index (χ4n) is 2.98. The van der Waals surface area contributed by atoms with Crippen LogP contribution in [0.25, 0.3) is 11.1 Å². The van der Waals surface area contributed by atoms with Gasteiger partial charge in [0.25, 0.3) is 0 Å². The number of rotatable bonds is 2. The van der Waals surface area contributed by atoms with Gasteiger partial charge in [0, 0.05) is 0 Å². The third-order valence-corrected chi connectivity index (χ3v) is 4.85. The number of halogens is 1. The van der Waals surface area contributed by atoms with Crippen molar-refractivity contribution in [1.29, 1.82) is 0 Å². The lowest BCUT2D eigenvalue weighted by Crippen LogP contribution is -2.16. The van der Waals surface area contributed by atoms with Gasteiger partial charge in [-0.1, -0.05) is 25.8 Å². The van der Waals surface area contributed by atoms with Gasteiger partial charge < -0.3 is 4.42 Å². The third kappa shape index (κ3) is 2.57. The Labute approximate surface area is 117 Å². The molecule has 3 nitrogen and oxygen atoms in total. The van der Waals surface area contributed by atoms with Gasteiger partial charge in [0.05, 0.1) is 10.9 Å². The zero-order valence-corrected chi connectivity index (χ0v) is 11.7. The van der Waals surface area contributed by atoms with E-state index in [-0.39, 0.29) is 5.38 Å². The minimum absolute atomic E-state index is 0.0112. The molecule has 1 unspecified atom stereocenters. The number of hydrogen-bond donors (Lipinski definition) is 1. The van der Waals surface area contributed by atoms with Gasteiger partial charge in [-0.2, -0.15) is 0 Å². The molecule has 0 radical (unpaired) electrons. The normalized spacial score (nSPS) is 25.6. The second-order valence-corrected chi connectivity index (χ2v) is 6.16. The van der Waals surface area contributed by atoms with Gasteiger partial charge in [-0.3, -0.25) is 4.98 Å². The van der Waals surface area contributed by atoms with Gasteiger partial charge in [-0.25, -0.2) is 4.79 Å². The summed E-state index contributed by atoms with van der Waals surface area (Å²) in [6.45, 7) is 2.31. The van der Waals surface area contributed by atoms with Gasteiger partial charge in [0.15, 0.2) is 5.58 Å². The Morgan fingerprint density at radius 2 is 2.05 bits per heavy atom. The first kappa shape index (κ1) is 12.8. The van der Waals surface area contributed by atoms with Crippen LogP contribution in [0.3, 0.4) is 0 Å². The van der Waals surface area contributed by atoms with E-state index < -0.39 is 5.76 Å². The number of alkyl halides is 1. The average Bonchev–Trinajstić information content (AvgIpc) is 2.77. The molecule has 2 aromatic rings. The second kappa shape index (κ2) is 5.04. The molecule has 1 atom stereocenters. The standard InChI is InChI=1S/C15H18ClNO2/c1-9-2-4-10(5-3-9)14(16)11-6-7-12-13(8-11)19-15(18)17-12/h6-10,14H,2-5H2,1H3,(H,17,18). The van der Waals surface area contributed by atoms with Crippen LogP contribution in [-0.2, 0) is 0 Å². The van der Waals surface area contributed by atoms with Gasteiger partial charge in [-0.05, 0) is 42.4 Å². The third-order valence-electron chi connectivity index (χ3n) is 4.24. The summed E-state index contributed by atoms with van der Waals surface area (Å²) in [6, 6.07) is 5.75. The van der Waals surface area contributed by atoms with E-state index in [0.29, 0.717) is 11.5 Å². The van der Waals surface area contributed by atoms with Crippen LogP contribution in [0.1, 0.15) is 43.5 Å². The molecule has 4 heteroatoms. The van der Waals surface area contributed by atoms with Crippen molar-refractivity contribution in [1.82, 2.24) is 4.98 Å². The maximum Gasteiger partial charge on any atom is 0.417 e. The van der Waals surface area contributed by atoms with Crippen LogP contribution in [0.4, 0.5) is 0 Å². The molecule has 0 saturated heterocycles. The highest BCUT2D eigenvalue weighted by atomic mass is 35.5. The summed E-state index contributed by atoms with van der Waals surface area (Å²) in [5.41, 5.74) is 2.38.